The van der Waals surface area contributed by atoms with Crippen molar-refractivity contribution in [1.29, 1.82) is 0 Å². The number of aromatic nitrogens is 2. The van der Waals surface area contributed by atoms with Crippen molar-refractivity contribution in [1.82, 2.24) is 14.9 Å². The zero-order valence-electron chi connectivity index (χ0n) is 13.7. The minimum atomic E-state index is -0.120. The highest BCUT2D eigenvalue weighted by molar-refractivity contribution is 5.93. The molecule has 3 rings (SSSR count). The molecule has 1 aliphatic rings. The fourth-order valence-electron chi connectivity index (χ4n) is 2.64. The topological polar surface area (TPSA) is 65.4 Å². The summed E-state index contributed by atoms with van der Waals surface area (Å²) in [6.45, 7) is 3.60. The van der Waals surface area contributed by atoms with Gasteiger partial charge in [-0.1, -0.05) is 0 Å². The van der Waals surface area contributed by atoms with Gasteiger partial charge in [0, 0.05) is 51.0 Å². The highest BCUT2D eigenvalue weighted by atomic mass is 16.5. The molecule has 1 amide bonds. The molecule has 0 saturated carbocycles. The maximum Gasteiger partial charge on any atom is 0.252 e. The number of hydrogen-bond acceptors (Lipinski definition) is 4. The van der Waals surface area contributed by atoms with Gasteiger partial charge >= 0.3 is 0 Å². The van der Waals surface area contributed by atoms with E-state index in [0.717, 1.165) is 32.6 Å². The van der Waals surface area contributed by atoms with Gasteiger partial charge in [-0.15, -0.1) is 0 Å². The summed E-state index contributed by atoms with van der Waals surface area (Å²) < 4.78 is 13.1. The van der Waals surface area contributed by atoms with E-state index in [0.29, 0.717) is 30.5 Å². The smallest absolute Gasteiger partial charge is 0.252 e. The van der Waals surface area contributed by atoms with E-state index in [9.17, 15) is 4.79 Å². The average Bonchev–Trinajstić information content (AvgIpc) is 3.15. The van der Waals surface area contributed by atoms with E-state index in [1.807, 2.05) is 29.1 Å². The molecule has 0 bridgehead atoms. The third kappa shape index (κ3) is 4.83. The minimum Gasteiger partial charge on any atom is -0.477 e. The molecule has 0 aliphatic carbocycles. The molecular formula is C18H23N3O3. The molecule has 24 heavy (non-hydrogen) atoms. The van der Waals surface area contributed by atoms with Crippen LogP contribution in [0.5, 0.6) is 5.88 Å². The molecule has 0 unspecified atom stereocenters. The third-order valence-corrected chi connectivity index (χ3v) is 4.13. The van der Waals surface area contributed by atoms with E-state index in [1.165, 1.54) is 0 Å². The van der Waals surface area contributed by atoms with Crippen LogP contribution in [-0.2, 0) is 11.3 Å². The van der Waals surface area contributed by atoms with Crippen LogP contribution in [0.3, 0.4) is 0 Å². The van der Waals surface area contributed by atoms with Crippen molar-refractivity contribution in [2.75, 3.05) is 26.4 Å². The Morgan fingerprint density at radius 2 is 2.08 bits per heavy atom. The lowest BCUT2D eigenvalue weighted by Crippen LogP contribution is -2.27. The number of carbonyl (C=O) groups excluding carboxylic acids is 1. The Hall–Kier alpha value is -2.34. The van der Waals surface area contributed by atoms with Gasteiger partial charge in [-0.05, 0) is 37.0 Å². The third-order valence-electron chi connectivity index (χ3n) is 4.13. The van der Waals surface area contributed by atoms with Crippen LogP contribution in [0.15, 0.2) is 42.9 Å². The lowest BCUT2D eigenvalue weighted by Gasteiger charge is -2.21. The van der Waals surface area contributed by atoms with Crippen molar-refractivity contribution in [3.05, 3.63) is 48.4 Å². The Morgan fingerprint density at radius 3 is 2.79 bits per heavy atom. The van der Waals surface area contributed by atoms with Crippen molar-refractivity contribution in [2.24, 2.45) is 5.92 Å². The van der Waals surface area contributed by atoms with Gasteiger partial charge in [0.1, 0.15) is 0 Å². The van der Waals surface area contributed by atoms with Crippen LogP contribution in [0.1, 0.15) is 23.2 Å². The zero-order chi connectivity index (χ0) is 16.6. The lowest BCUT2D eigenvalue weighted by molar-refractivity contribution is 0.0490. The van der Waals surface area contributed by atoms with Crippen molar-refractivity contribution >= 4 is 5.91 Å². The summed E-state index contributed by atoms with van der Waals surface area (Å²) in [4.78, 5) is 16.3. The highest BCUT2D eigenvalue weighted by Gasteiger charge is 2.14. The minimum absolute atomic E-state index is 0.120. The van der Waals surface area contributed by atoms with Crippen molar-refractivity contribution < 1.29 is 14.3 Å². The van der Waals surface area contributed by atoms with Gasteiger partial charge < -0.3 is 19.4 Å². The van der Waals surface area contributed by atoms with E-state index in [2.05, 4.69) is 10.3 Å². The molecule has 0 aromatic carbocycles. The first-order valence-electron chi connectivity index (χ1n) is 8.37. The SMILES string of the molecule is O=C(NCCn1cccc1)c1ccc(OCC2CCOCC2)nc1. The molecule has 6 nitrogen and oxygen atoms in total. The Labute approximate surface area is 141 Å². The predicted octanol–water partition coefficient (Wildman–Crippen LogP) is 2.12. The Bertz CT molecular complexity index is 619. The molecule has 2 aromatic rings. The molecule has 6 heteroatoms. The van der Waals surface area contributed by atoms with Crippen molar-refractivity contribution in [3.63, 3.8) is 0 Å². The summed E-state index contributed by atoms with van der Waals surface area (Å²) in [5, 5.41) is 2.89. The molecule has 2 aromatic heterocycles. The zero-order valence-corrected chi connectivity index (χ0v) is 13.7. The number of carbonyl (C=O) groups is 1. The average molecular weight is 329 g/mol. The van der Waals surface area contributed by atoms with Crippen LogP contribution in [0.2, 0.25) is 0 Å². The Morgan fingerprint density at radius 1 is 1.29 bits per heavy atom. The number of nitrogens with zero attached hydrogens (tertiary/aromatic N) is 2. The van der Waals surface area contributed by atoms with E-state index in [4.69, 9.17) is 9.47 Å². The van der Waals surface area contributed by atoms with Gasteiger partial charge in [0.15, 0.2) is 0 Å². The van der Waals surface area contributed by atoms with Crippen LogP contribution in [-0.4, -0.2) is 41.8 Å². The van der Waals surface area contributed by atoms with E-state index >= 15 is 0 Å². The molecule has 0 atom stereocenters. The fourth-order valence-corrected chi connectivity index (χ4v) is 2.64. The summed E-state index contributed by atoms with van der Waals surface area (Å²) in [5.74, 6) is 0.966. The van der Waals surface area contributed by atoms with E-state index in [-0.39, 0.29) is 5.91 Å². The first kappa shape index (κ1) is 16.5. The number of hydrogen-bond donors (Lipinski definition) is 1. The summed E-state index contributed by atoms with van der Waals surface area (Å²) >= 11 is 0. The van der Waals surface area contributed by atoms with Crippen LogP contribution in [0, 0.1) is 5.92 Å². The monoisotopic (exact) mass is 329 g/mol. The van der Waals surface area contributed by atoms with Gasteiger partial charge in [-0.3, -0.25) is 4.79 Å². The molecule has 128 valence electrons. The van der Waals surface area contributed by atoms with Gasteiger partial charge in [0.05, 0.1) is 12.2 Å². The number of pyridine rings is 1. The van der Waals surface area contributed by atoms with Gasteiger partial charge in [0.2, 0.25) is 5.88 Å². The predicted molar refractivity (Wildman–Crippen MR) is 90.0 cm³/mol. The fraction of sp³-hybridized carbons (Fsp3) is 0.444. The summed E-state index contributed by atoms with van der Waals surface area (Å²) in [7, 11) is 0. The quantitative estimate of drug-likeness (QED) is 0.845. The molecular weight excluding hydrogens is 306 g/mol. The molecule has 1 saturated heterocycles. The lowest BCUT2D eigenvalue weighted by atomic mass is 10.0. The largest absolute Gasteiger partial charge is 0.477 e. The van der Waals surface area contributed by atoms with Crippen LogP contribution in [0.25, 0.3) is 0 Å². The molecule has 0 spiro atoms. The second-order valence-corrected chi connectivity index (χ2v) is 5.93. The van der Waals surface area contributed by atoms with E-state index in [1.54, 1.807) is 18.3 Å². The number of amides is 1. The first-order valence-corrected chi connectivity index (χ1v) is 8.37. The number of rotatable bonds is 7. The molecule has 0 radical (unpaired) electrons. The first-order chi connectivity index (χ1) is 11.8. The summed E-state index contributed by atoms with van der Waals surface area (Å²) in [6.07, 6.45) is 7.56. The standard InChI is InChI=1S/C18H23N3O3/c22-18(19-7-10-21-8-1-2-9-21)16-3-4-17(20-13-16)24-14-15-5-11-23-12-6-15/h1-4,8-9,13,15H,5-7,10-12,14H2,(H,19,22). The second-order valence-electron chi connectivity index (χ2n) is 5.93. The molecule has 1 fully saturated rings. The Balaban J connectivity index is 1.42. The number of ether oxygens (including phenoxy) is 2. The molecule has 3 heterocycles. The van der Waals surface area contributed by atoms with Crippen LogP contribution >= 0.6 is 0 Å². The van der Waals surface area contributed by atoms with Crippen LogP contribution < -0.4 is 10.1 Å². The summed E-state index contributed by atoms with van der Waals surface area (Å²) in [5.41, 5.74) is 0.543. The highest BCUT2D eigenvalue weighted by Crippen LogP contribution is 2.16. The maximum atomic E-state index is 12.1. The summed E-state index contributed by atoms with van der Waals surface area (Å²) in [6, 6.07) is 7.42. The van der Waals surface area contributed by atoms with E-state index < -0.39 is 0 Å². The maximum absolute atomic E-state index is 12.1. The normalized spacial score (nSPS) is 15.2. The molecule has 1 N–H and O–H groups in total. The van der Waals surface area contributed by atoms with Gasteiger partial charge in [-0.2, -0.15) is 0 Å². The Kier molecular flexibility index (Phi) is 5.85. The van der Waals surface area contributed by atoms with Gasteiger partial charge in [0.25, 0.3) is 5.91 Å². The molecule has 1 aliphatic heterocycles. The van der Waals surface area contributed by atoms with Crippen molar-refractivity contribution in [3.8, 4) is 5.88 Å². The second kappa shape index (κ2) is 8.49. The van der Waals surface area contributed by atoms with Crippen LogP contribution in [0.4, 0.5) is 0 Å². The van der Waals surface area contributed by atoms with Gasteiger partial charge in [-0.25, -0.2) is 4.98 Å². The van der Waals surface area contributed by atoms with Crippen molar-refractivity contribution in [2.45, 2.75) is 19.4 Å². The number of nitrogens with one attached hydrogen (secondary N) is 1.